The molecule has 1 aromatic carbocycles. The van der Waals surface area contributed by atoms with Gasteiger partial charge in [-0.3, -0.25) is 19.4 Å². The van der Waals surface area contributed by atoms with Crippen LogP contribution in [0.5, 0.6) is 0 Å². The number of carbonyl (C=O) groups is 2. The number of hydrogen-bond donors (Lipinski definition) is 1. The second kappa shape index (κ2) is 10.4. The van der Waals surface area contributed by atoms with Gasteiger partial charge in [0.05, 0.1) is 18.3 Å². The van der Waals surface area contributed by atoms with Crippen LogP contribution in [0.4, 0.5) is 0 Å². The number of amides is 2. The summed E-state index contributed by atoms with van der Waals surface area (Å²) in [5, 5.41) is 9.75. The summed E-state index contributed by atoms with van der Waals surface area (Å²) in [5.74, 6) is -0.509. The van der Waals surface area contributed by atoms with E-state index in [2.05, 4.69) is 4.90 Å². The molecule has 2 heterocycles. The van der Waals surface area contributed by atoms with Gasteiger partial charge in [-0.1, -0.05) is 23.7 Å². The van der Waals surface area contributed by atoms with Crippen molar-refractivity contribution in [2.45, 2.75) is 26.4 Å². The van der Waals surface area contributed by atoms with Gasteiger partial charge in [0.2, 0.25) is 0 Å². The number of β-amino-alcohol motifs (C(OH)–C–C–N with tert-alkyl or cyclic N) is 1. The molecule has 2 amide bonds. The smallest absolute Gasteiger partial charge is 0.277 e. The average molecular weight is 436 g/mol. The maximum atomic E-state index is 13.3. The minimum atomic E-state index is -0.264. The van der Waals surface area contributed by atoms with Gasteiger partial charge < -0.3 is 14.7 Å². The third-order valence-corrected chi connectivity index (χ3v) is 5.61. The van der Waals surface area contributed by atoms with Crippen LogP contribution in [0.3, 0.4) is 0 Å². The lowest BCUT2D eigenvalue weighted by atomic mass is 10.0. The molecule has 1 N–H and O–H groups in total. The van der Waals surface area contributed by atoms with Gasteiger partial charge in [0.1, 0.15) is 5.70 Å². The topological polar surface area (TPSA) is 73.3 Å². The van der Waals surface area contributed by atoms with Crippen molar-refractivity contribution in [3.05, 3.63) is 40.5 Å². The van der Waals surface area contributed by atoms with E-state index in [-0.39, 0.29) is 24.5 Å². The number of rotatable bonds is 9. The third-order valence-electron chi connectivity index (χ3n) is 5.36. The first-order valence-corrected chi connectivity index (χ1v) is 10.9. The zero-order valence-electron chi connectivity index (χ0n) is 17.6. The Kier molecular flexibility index (Phi) is 7.88. The maximum absolute atomic E-state index is 13.3. The number of halogens is 1. The number of imide groups is 1. The van der Waals surface area contributed by atoms with Crippen LogP contribution in [0, 0.1) is 0 Å². The fourth-order valence-electron chi connectivity index (χ4n) is 3.81. The second-order valence-corrected chi connectivity index (χ2v) is 8.25. The Morgan fingerprint density at radius 3 is 2.30 bits per heavy atom. The molecule has 1 saturated heterocycles. The van der Waals surface area contributed by atoms with Crippen LogP contribution in [-0.4, -0.2) is 90.2 Å². The second-order valence-electron chi connectivity index (χ2n) is 7.82. The van der Waals surface area contributed by atoms with Crippen LogP contribution in [0.1, 0.15) is 25.8 Å². The molecular formula is C22H30ClN3O4. The maximum Gasteiger partial charge on any atom is 0.277 e. The highest BCUT2D eigenvalue weighted by atomic mass is 35.5. The fourth-order valence-corrected chi connectivity index (χ4v) is 3.94. The molecule has 1 fully saturated rings. The molecular weight excluding hydrogens is 406 g/mol. The highest BCUT2D eigenvalue weighted by Crippen LogP contribution is 2.32. The van der Waals surface area contributed by atoms with E-state index < -0.39 is 0 Å². The number of piperazine rings is 1. The minimum Gasteiger partial charge on any atom is -0.395 e. The Hall–Kier alpha value is -1.93. The first-order valence-electron chi connectivity index (χ1n) is 10.5. The molecule has 1 aromatic rings. The number of aliphatic hydroxyl groups is 1. The Balaban J connectivity index is 1.82. The fraction of sp³-hybridized carbons (Fsp3) is 0.545. The SMILES string of the molecule is CC(C)OCCCN1C(=O)C(c2ccc(Cl)cc2)=C(N2CCN(CCO)CC2)C1=O. The van der Waals surface area contributed by atoms with Gasteiger partial charge in [0.15, 0.2) is 0 Å². The molecule has 0 aliphatic carbocycles. The van der Waals surface area contributed by atoms with Crippen molar-refractivity contribution >= 4 is 29.0 Å². The molecule has 0 unspecified atom stereocenters. The predicted molar refractivity (Wildman–Crippen MR) is 116 cm³/mol. The Morgan fingerprint density at radius 1 is 1.03 bits per heavy atom. The van der Waals surface area contributed by atoms with Gasteiger partial charge in [-0.05, 0) is 38.0 Å². The van der Waals surface area contributed by atoms with Crippen molar-refractivity contribution in [2.24, 2.45) is 0 Å². The van der Waals surface area contributed by atoms with Crippen LogP contribution in [0.15, 0.2) is 30.0 Å². The van der Waals surface area contributed by atoms with Crippen LogP contribution < -0.4 is 0 Å². The molecule has 7 nitrogen and oxygen atoms in total. The van der Waals surface area contributed by atoms with Crippen molar-refractivity contribution in [3.8, 4) is 0 Å². The van der Waals surface area contributed by atoms with Crippen molar-refractivity contribution in [3.63, 3.8) is 0 Å². The summed E-state index contributed by atoms with van der Waals surface area (Å²) in [6, 6.07) is 7.04. The van der Waals surface area contributed by atoms with Crippen molar-refractivity contribution < 1.29 is 19.4 Å². The van der Waals surface area contributed by atoms with E-state index in [9.17, 15) is 9.59 Å². The number of ether oxygens (including phenoxy) is 1. The number of benzene rings is 1. The number of nitrogens with zero attached hydrogens (tertiary/aromatic N) is 3. The third kappa shape index (κ3) is 5.21. The van der Waals surface area contributed by atoms with Crippen LogP contribution in [0.2, 0.25) is 5.02 Å². The molecule has 8 heteroatoms. The Bertz CT molecular complexity index is 786. The summed E-state index contributed by atoms with van der Waals surface area (Å²) in [6.45, 7) is 8.22. The Morgan fingerprint density at radius 2 is 1.70 bits per heavy atom. The molecule has 0 aromatic heterocycles. The summed E-state index contributed by atoms with van der Waals surface area (Å²) in [6.07, 6.45) is 0.713. The van der Waals surface area contributed by atoms with E-state index >= 15 is 0 Å². The average Bonchev–Trinajstić information content (AvgIpc) is 2.97. The van der Waals surface area contributed by atoms with E-state index in [1.165, 1.54) is 4.90 Å². The van der Waals surface area contributed by atoms with Crippen LogP contribution in [0.25, 0.3) is 5.57 Å². The van der Waals surface area contributed by atoms with Gasteiger partial charge in [0, 0.05) is 50.9 Å². The largest absolute Gasteiger partial charge is 0.395 e. The van der Waals surface area contributed by atoms with E-state index in [1.54, 1.807) is 24.3 Å². The zero-order valence-corrected chi connectivity index (χ0v) is 18.4. The zero-order chi connectivity index (χ0) is 21.7. The molecule has 3 rings (SSSR count). The van der Waals surface area contributed by atoms with Crippen molar-refractivity contribution in [1.82, 2.24) is 14.7 Å². The lowest BCUT2D eigenvalue weighted by Crippen LogP contribution is -2.48. The molecule has 0 saturated carbocycles. The van der Waals surface area contributed by atoms with Crippen molar-refractivity contribution in [1.29, 1.82) is 0 Å². The molecule has 0 atom stereocenters. The van der Waals surface area contributed by atoms with E-state index in [0.29, 0.717) is 61.1 Å². The molecule has 2 aliphatic heterocycles. The Labute approximate surface area is 182 Å². The van der Waals surface area contributed by atoms with Gasteiger partial charge >= 0.3 is 0 Å². The summed E-state index contributed by atoms with van der Waals surface area (Å²) >= 11 is 6.02. The van der Waals surface area contributed by atoms with Gasteiger partial charge in [-0.25, -0.2) is 0 Å². The molecule has 0 spiro atoms. The van der Waals surface area contributed by atoms with E-state index in [0.717, 1.165) is 13.1 Å². The highest BCUT2D eigenvalue weighted by molar-refractivity contribution is 6.36. The lowest BCUT2D eigenvalue weighted by molar-refractivity contribution is -0.137. The molecule has 2 aliphatic rings. The monoisotopic (exact) mass is 435 g/mol. The molecule has 0 bridgehead atoms. The standard InChI is InChI=1S/C22H30ClN3O4/c1-16(2)30-15-3-8-26-21(28)19(17-4-6-18(23)7-5-17)20(22(26)29)25-11-9-24(10-12-25)13-14-27/h4-7,16,27H,3,8-15H2,1-2H3. The summed E-state index contributed by atoms with van der Waals surface area (Å²) < 4.78 is 5.56. The first kappa shape index (κ1) is 22.7. The van der Waals surface area contributed by atoms with Crippen LogP contribution in [-0.2, 0) is 14.3 Å². The first-order chi connectivity index (χ1) is 14.4. The minimum absolute atomic E-state index is 0.113. The van der Waals surface area contributed by atoms with Gasteiger partial charge in [0.25, 0.3) is 11.8 Å². The lowest BCUT2D eigenvalue weighted by Gasteiger charge is -2.36. The molecule has 0 radical (unpaired) electrons. The number of carbonyl (C=O) groups excluding carboxylic acids is 2. The normalized spacial score (nSPS) is 18.3. The summed E-state index contributed by atoms with van der Waals surface area (Å²) in [4.78, 5) is 32.0. The van der Waals surface area contributed by atoms with E-state index in [4.69, 9.17) is 21.4 Å². The number of aliphatic hydroxyl groups excluding tert-OH is 1. The summed E-state index contributed by atoms with van der Waals surface area (Å²) in [7, 11) is 0. The molecule has 30 heavy (non-hydrogen) atoms. The predicted octanol–water partition coefficient (Wildman–Crippen LogP) is 1.84. The quantitative estimate of drug-likeness (QED) is 0.471. The van der Waals surface area contributed by atoms with Gasteiger partial charge in [-0.15, -0.1) is 0 Å². The molecule has 164 valence electrons. The number of hydrogen-bond acceptors (Lipinski definition) is 6. The summed E-state index contributed by atoms with van der Waals surface area (Å²) in [5.41, 5.74) is 1.61. The van der Waals surface area contributed by atoms with Gasteiger partial charge in [-0.2, -0.15) is 0 Å². The van der Waals surface area contributed by atoms with Crippen LogP contribution >= 0.6 is 11.6 Å². The highest BCUT2D eigenvalue weighted by Gasteiger charge is 2.41. The van der Waals surface area contributed by atoms with E-state index in [1.807, 2.05) is 18.7 Å². The van der Waals surface area contributed by atoms with Crippen molar-refractivity contribution in [2.75, 3.05) is 52.5 Å².